The number of phosphoric acid groups is 1. The molecule has 0 radical (unpaired) electrons. The first-order chi connectivity index (χ1) is 23.2. The maximum atomic E-state index is 12.6. The standard InChI is InChI=1S/C31H50N3O14P/c35-27(36)19-32(15-16-33(20-28(37)38)21-29(39)40)18-26(34(22-30(41)42)23-31(43)44)24-48-49(45,46)47-17-11-6-4-2-1-3-5-8-12-25-13-9-7-10-14-25/h7,9-10,13-14,26H,1-6,8,11-12,15-24H2,(H,35,36)(H,37,38)(H,39,40)(H,41,42)(H,43,44)(H,45,46)/p-5. The number of hydrogen-bond acceptors (Lipinski definition) is 17. The summed E-state index contributed by atoms with van der Waals surface area (Å²) in [7, 11) is -4.74. The van der Waals surface area contributed by atoms with Gasteiger partial charge in [0.15, 0.2) is 0 Å². The molecule has 17 nitrogen and oxygen atoms in total. The van der Waals surface area contributed by atoms with Crippen LogP contribution in [0.1, 0.15) is 56.9 Å². The Labute approximate surface area is 286 Å². The van der Waals surface area contributed by atoms with Gasteiger partial charge in [0.05, 0.1) is 42.5 Å². The molecule has 0 aliphatic heterocycles. The van der Waals surface area contributed by atoms with Crippen molar-refractivity contribution in [2.24, 2.45) is 0 Å². The second kappa shape index (κ2) is 24.8. The monoisotopic (exact) mass is 714 g/mol. The molecule has 49 heavy (non-hydrogen) atoms. The first-order valence-electron chi connectivity index (χ1n) is 16.0. The number of nitrogens with zero attached hydrogens (tertiary/aromatic N) is 3. The van der Waals surface area contributed by atoms with E-state index in [1.54, 1.807) is 0 Å². The highest BCUT2D eigenvalue weighted by Crippen LogP contribution is 2.47. The summed E-state index contributed by atoms with van der Waals surface area (Å²) < 4.78 is 10.0. The van der Waals surface area contributed by atoms with E-state index in [-0.39, 0.29) is 19.7 Å². The number of carbonyl (C=O) groups excluding carboxylic acids is 5. The summed E-state index contributed by atoms with van der Waals surface area (Å²) in [5.74, 6) is -8.37. The largest absolute Gasteiger partial charge is 0.606 e. The van der Waals surface area contributed by atoms with Crippen LogP contribution >= 0.6 is 8.17 Å². The summed E-state index contributed by atoms with van der Waals surface area (Å²) in [5, 5.41) is 56.1. The maximum Gasteiger partial charge on any atom is 0.376 e. The van der Waals surface area contributed by atoms with E-state index in [1.165, 1.54) is 5.56 Å². The molecule has 1 N–H and O–H groups in total. The average molecular weight is 715 g/mol. The number of carbonyl (C=O) groups is 5. The molecular formula is C31H45N3O14P-5. The van der Waals surface area contributed by atoms with Crippen LogP contribution in [0, 0.1) is 0 Å². The molecule has 0 aromatic heterocycles. The molecule has 0 aliphatic carbocycles. The van der Waals surface area contributed by atoms with Gasteiger partial charge in [-0.05, 0) is 24.8 Å². The second-order valence-corrected chi connectivity index (χ2v) is 13.0. The van der Waals surface area contributed by atoms with E-state index in [2.05, 4.69) is 12.1 Å². The molecule has 0 spiro atoms. The third-order valence-electron chi connectivity index (χ3n) is 7.33. The van der Waals surface area contributed by atoms with Gasteiger partial charge in [-0.25, -0.2) is 0 Å². The van der Waals surface area contributed by atoms with E-state index in [4.69, 9.17) is 9.05 Å². The van der Waals surface area contributed by atoms with Crippen LogP contribution in [0.15, 0.2) is 30.3 Å². The molecule has 0 saturated carbocycles. The van der Waals surface area contributed by atoms with Gasteiger partial charge in [-0.15, -0.1) is 0 Å². The van der Waals surface area contributed by atoms with Crippen molar-refractivity contribution in [2.45, 2.75) is 63.8 Å². The molecule has 1 aromatic rings. The Morgan fingerprint density at radius 3 is 1.59 bits per heavy atom. The summed E-state index contributed by atoms with van der Waals surface area (Å²) in [6, 6.07) is 8.88. The van der Waals surface area contributed by atoms with E-state index >= 15 is 0 Å². The van der Waals surface area contributed by atoms with Crippen LogP contribution in [-0.2, 0) is 39.4 Å². The van der Waals surface area contributed by atoms with Gasteiger partial charge in [-0.3, -0.25) is 14.7 Å². The number of aliphatic carboxylic acids is 5. The van der Waals surface area contributed by atoms with Gasteiger partial charge in [0.2, 0.25) is 0 Å². The number of carboxylic acid groups (broad SMARTS) is 5. The SMILES string of the molecule is O=C([O-])CN(CCN(CC(=O)[O-])CC(CO[P+]([O-])(O)OCCCCCCCCCCc1ccccc1)N(CC(=O)[O-])CC(=O)[O-])CC(=O)[O-]. The van der Waals surface area contributed by atoms with Gasteiger partial charge in [0, 0.05) is 52.4 Å². The van der Waals surface area contributed by atoms with Gasteiger partial charge in [-0.2, -0.15) is 13.9 Å². The number of hydrogen-bond donors (Lipinski definition) is 1. The molecular weight excluding hydrogens is 669 g/mol. The van der Waals surface area contributed by atoms with Crippen molar-refractivity contribution in [3.8, 4) is 0 Å². The Morgan fingerprint density at radius 1 is 0.633 bits per heavy atom. The van der Waals surface area contributed by atoms with Crippen LogP contribution in [0.2, 0.25) is 0 Å². The highest BCUT2D eigenvalue weighted by molar-refractivity contribution is 7.52. The fourth-order valence-electron chi connectivity index (χ4n) is 5.03. The third kappa shape index (κ3) is 23.7. The lowest BCUT2D eigenvalue weighted by Crippen LogP contribution is -2.56. The molecule has 0 fully saturated rings. The molecule has 0 saturated heterocycles. The summed E-state index contributed by atoms with van der Waals surface area (Å²) in [6.07, 6.45) is 8.51. The Kier molecular flexibility index (Phi) is 22.1. The number of aryl methyl sites for hydroxylation is 1. The van der Waals surface area contributed by atoms with Crippen LogP contribution in [-0.4, -0.2) is 121 Å². The highest BCUT2D eigenvalue weighted by Gasteiger charge is 2.32. The fraction of sp³-hybridized carbons (Fsp3) is 0.645. The minimum absolute atomic E-state index is 0.138. The summed E-state index contributed by atoms with van der Waals surface area (Å²) in [5.41, 5.74) is 1.32. The van der Waals surface area contributed by atoms with Crippen LogP contribution < -0.4 is 30.4 Å². The van der Waals surface area contributed by atoms with E-state index in [0.717, 1.165) is 66.1 Å². The molecule has 18 heteroatoms. The van der Waals surface area contributed by atoms with Crippen LogP contribution in [0.25, 0.3) is 0 Å². The predicted molar refractivity (Wildman–Crippen MR) is 161 cm³/mol. The van der Waals surface area contributed by atoms with Crippen molar-refractivity contribution in [1.29, 1.82) is 0 Å². The second-order valence-electron chi connectivity index (χ2n) is 11.5. The smallest absolute Gasteiger partial charge is 0.376 e. The quantitative estimate of drug-likeness (QED) is 0.0555. The van der Waals surface area contributed by atoms with Crippen LogP contribution in [0.3, 0.4) is 0 Å². The maximum absolute atomic E-state index is 12.6. The zero-order chi connectivity index (χ0) is 36.7. The topological polar surface area (TPSA) is 272 Å². The fourth-order valence-corrected chi connectivity index (χ4v) is 5.83. The van der Waals surface area contributed by atoms with Gasteiger partial charge in [0.25, 0.3) is 0 Å². The molecule has 0 bridgehead atoms. The molecule has 2 unspecified atom stereocenters. The zero-order valence-electron chi connectivity index (χ0n) is 27.4. The number of benzene rings is 1. The average Bonchev–Trinajstić information content (AvgIpc) is 2.99. The molecule has 2 atom stereocenters. The normalized spacial score (nSPS) is 13.4. The molecule has 0 aliphatic rings. The van der Waals surface area contributed by atoms with Crippen molar-refractivity contribution >= 4 is 38.0 Å². The van der Waals surface area contributed by atoms with Crippen molar-refractivity contribution in [2.75, 3.05) is 65.6 Å². The van der Waals surface area contributed by atoms with Gasteiger partial charge in [-0.1, -0.05) is 68.9 Å². The Morgan fingerprint density at radius 2 is 1.08 bits per heavy atom. The van der Waals surface area contributed by atoms with E-state index in [9.17, 15) is 59.3 Å². The minimum atomic E-state index is -4.74. The first-order valence-corrected chi connectivity index (χ1v) is 17.5. The number of unbranched alkanes of at least 4 members (excludes halogenated alkanes) is 7. The van der Waals surface area contributed by atoms with E-state index in [0.29, 0.717) is 6.42 Å². The van der Waals surface area contributed by atoms with Gasteiger partial charge < -0.3 is 54.4 Å². The molecule has 1 rings (SSSR count). The summed E-state index contributed by atoms with van der Waals surface area (Å²) >= 11 is 0. The van der Waals surface area contributed by atoms with Crippen molar-refractivity contribution < 1.29 is 68.3 Å². The summed E-state index contributed by atoms with van der Waals surface area (Å²) in [4.78, 5) is 81.6. The number of carboxylic acids is 5. The van der Waals surface area contributed by atoms with Crippen LogP contribution in [0.5, 0.6) is 0 Å². The Balaban J connectivity index is 2.68. The minimum Gasteiger partial charge on any atom is -0.606 e. The van der Waals surface area contributed by atoms with Crippen molar-refractivity contribution in [1.82, 2.24) is 14.7 Å². The first kappa shape index (κ1) is 43.7. The highest BCUT2D eigenvalue weighted by atomic mass is 31.2. The van der Waals surface area contributed by atoms with Crippen LogP contribution in [0.4, 0.5) is 0 Å². The van der Waals surface area contributed by atoms with E-state index in [1.807, 2.05) is 18.2 Å². The molecule has 0 amide bonds. The van der Waals surface area contributed by atoms with Gasteiger partial charge in [0.1, 0.15) is 6.61 Å². The molecule has 1 aromatic carbocycles. The third-order valence-corrected chi connectivity index (χ3v) is 8.31. The van der Waals surface area contributed by atoms with Crippen molar-refractivity contribution in [3.05, 3.63) is 35.9 Å². The lowest BCUT2D eigenvalue weighted by atomic mass is 10.0. The number of phosphoric ester groups is 1. The van der Waals surface area contributed by atoms with E-state index < -0.39 is 89.9 Å². The van der Waals surface area contributed by atoms with Gasteiger partial charge >= 0.3 is 8.17 Å². The lowest BCUT2D eigenvalue weighted by Gasteiger charge is -2.37. The zero-order valence-corrected chi connectivity index (χ0v) is 28.3. The lowest BCUT2D eigenvalue weighted by molar-refractivity contribution is -0.313. The molecule has 0 heterocycles. The molecule has 278 valence electrons. The number of rotatable bonds is 31. The predicted octanol–water partition coefficient (Wildman–Crippen LogP) is -5.56. The summed E-state index contributed by atoms with van der Waals surface area (Å²) in [6.45, 7) is -6.78. The Hall–Kier alpha value is -3.28. The van der Waals surface area contributed by atoms with Crippen molar-refractivity contribution in [3.63, 3.8) is 0 Å². The Bertz CT molecular complexity index is 1110.